The third-order valence-corrected chi connectivity index (χ3v) is 20.4. The summed E-state index contributed by atoms with van der Waals surface area (Å²) in [7, 11) is 3.00. The van der Waals surface area contributed by atoms with Crippen LogP contribution < -0.4 is 70.0 Å². The molecule has 590 valence electrons. The van der Waals surface area contributed by atoms with Gasteiger partial charge in [-0.3, -0.25) is 52.7 Å². The minimum atomic E-state index is -2.07. The van der Waals surface area contributed by atoms with Crippen molar-refractivity contribution in [2.45, 2.75) is 164 Å². The van der Waals surface area contributed by atoms with Gasteiger partial charge in [0.1, 0.15) is 60.1 Å². The van der Waals surface area contributed by atoms with Gasteiger partial charge in [0.05, 0.1) is 24.9 Å². The average molecular weight is 1560 g/mol. The monoisotopic (exact) mass is 1550 g/mol. The number of unbranched alkanes of at least 4 members (excludes halogenated alkanes) is 1. The fourth-order valence-electron chi connectivity index (χ4n) is 11.6. The number of likely N-dealkylation sites (N-methyl/N-ethyl adjacent to an activating group) is 1. The van der Waals surface area contributed by atoms with E-state index in [1.807, 2.05) is 19.9 Å². The van der Waals surface area contributed by atoms with Crippen LogP contribution >= 0.6 is 21.6 Å². The number of hydrogen-bond acceptors (Lipinski definition) is 21. The second kappa shape index (κ2) is 43.0. The number of benzene rings is 6. The summed E-state index contributed by atoms with van der Waals surface area (Å²) in [5, 5.41) is 83.3. The largest absolute Gasteiger partial charge is 0.508 e. The third kappa shape index (κ3) is 26.7. The van der Waals surface area contributed by atoms with Crippen LogP contribution in [0.2, 0.25) is 0 Å². The molecular weight excluding hydrogens is 1460 g/mol. The molecule has 1 fully saturated rings. The summed E-state index contributed by atoms with van der Waals surface area (Å²) in [6.45, 7) is 5.65. The van der Waals surface area contributed by atoms with Gasteiger partial charge in [-0.05, 0) is 103 Å². The Labute approximate surface area is 644 Å². The van der Waals surface area contributed by atoms with Crippen molar-refractivity contribution in [1.29, 1.82) is 0 Å². The summed E-state index contributed by atoms with van der Waals surface area (Å²) in [6, 6.07) is 24.2. The van der Waals surface area contributed by atoms with Crippen LogP contribution in [0.5, 0.6) is 5.75 Å². The number of nitrogens with zero attached hydrogens (tertiary/aromatic N) is 1. The van der Waals surface area contributed by atoms with Crippen molar-refractivity contribution in [3.63, 3.8) is 0 Å². The highest BCUT2D eigenvalue weighted by atomic mass is 33.1. The number of carbonyl (C=O) groups excluding carboxylic acids is 11. The molecule has 0 saturated carbocycles. The third-order valence-electron chi connectivity index (χ3n) is 17.9. The molecule has 1 heterocycles. The topological polar surface area (TPSA) is 494 Å². The molecule has 13 atom stereocenters. The zero-order valence-corrected chi connectivity index (χ0v) is 63.2. The highest BCUT2D eigenvalue weighted by molar-refractivity contribution is 8.76. The van der Waals surface area contributed by atoms with Crippen molar-refractivity contribution in [3.05, 3.63) is 185 Å². The quantitative estimate of drug-likeness (QED) is 0.0321. The number of carboxylic acids is 1. The molecule has 6 aromatic rings. The molecule has 0 spiro atoms. The zero-order chi connectivity index (χ0) is 80.1. The molecule has 31 nitrogen and oxygen atoms in total. The highest BCUT2D eigenvalue weighted by Crippen LogP contribution is 2.24. The molecule has 11 amide bonds. The Hall–Kier alpha value is -10.5. The Kier molecular flexibility index (Phi) is 33.9. The number of amides is 11. The Bertz CT molecular complexity index is 4130. The van der Waals surface area contributed by atoms with E-state index in [1.165, 1.54) is 37.4 Å². The SMILES string of the molecule is CC(C)NCc1ccc(C[C@@H]2NC(=O)[C@H](N(C)C(=O)c3ccc4ccccc4c3)NC(=O)[C@H](Cc3ccccc3)NC(=O)[C@H](Cc3ccccc3)NC(=O)[C@H](CCCCN)NC(=O)[C@@H](N)CSSC[C@@H](C(=O)O)NC(=O)[C@H](CO)NC(=O)[C@H]([C@@H](C)O)NC(=O)[C@H](Cc3ccc(O)cc3)NC(=O)[C@H]([C@@H](C)O)NC2=O)cc1. The number of fused-ring (bicyclic) bond motifs is 1. The lowest BCUT2D eigenvalue weighted by Gasteiger charge is -2.32. The van der Waals surface area contributed by atoms with Gasteiger partial charge >= 0.3 is 5.97 Å². The van der Waals surface area contributed by atoms with Crippen molar-refractivity contribution < 1.29 is 83.1 Å². The maximum absolute atomic E-state index is 15.7. The van der Waals surface area contributed by atoms with Crippen molar-refractivity contribution >= 4 is 103 Å². The van der Waals surface area contributed by atoms with Gasteiger partial charge in [-0.2, -0.15) is 0 Å². The number of rotatable bonds is 21. The van der Waals surface area contributed by atoms with Crippen molar-refractivity contribution in [1.82, 2.24) is 63.4 Å². The Morgan fingerprint density at radius 1 is 0.482 bits per heavy atom. The van der Waals surface area contributed by atoms with Crippen LogP contribution in [0.1, 0.15) is 85.1 Å². The minimum absolute atomic E-state index is 0.00936. The van der Waals surface area contributed by atoms with Crippen molar-refractivity contribution in [3.8, 4) is 5.75 Å². The first-order valence-corrected chi connectivity index (χ1v) is 38.4. The summed E-state index contributed by atoms with van der Waals surface area (Å²) < 4.78 is 0. The molecule has 0 unspecified atom stereocenters. The number of phenolic OH excluding ortho intramolecular Hbond substituents is 1. The van der Waals surface area contributed by atoms with Gasteiger partial charge in [-0.25, -0.2) is 4.79 Å². The van der Waals surface area contributed by atoms with Gasteiger partial charge in [0.25, 0.3) is 11.8 Å². The van der Waals surface area contributed by atoms with Crippen LogP contribution in [0.4, 0.5) is 0 Å². The average Bonchev–Trinajstić information content (AvgIpc) is 0.794. The van der Waals surface area contributed by atoms with E-state index >= 15 is 24.0 Å². The first-order valence-electron chi connectivity index (χ1n) is 35.9. The van der Waals surface area contributed by atoms with E-state index in [4.69, 9.17) is 11.5 Å². The molecule has 0 radical (unpaired) electrons. The Morgan fingerprint density at radius 2 is 0.900 bits per heavy atom. The van der Waals surface area contributed by atoms with Crippen LogP contribution in [0, 0.1) is 0 Å². The van der Waals surface area contributed by atoms with Gasteiger partial charge in [-0.15, -0.1) is 0 Å². The van der Waals surface area contributed by atoms with Gasteiger partial charge in [-0.1, -0.05) is 163 Å². The molecule has 0 aliphatic carbocycles. The van der Waals surface area contributed by atoms with E-state index in [-0.39, 0.29) is 66.7 Å². The fraction of sp³-hybridized carbons (Fsp3) is 0.403. The number of phenols is 1. The molecule has 6 aromatic carbocycles. The summed E-state index contributed by atoms with van der Waals surface area (Å²) in [5.74, 6) is -14.1. The first-order chi connectivity index (χ1) is 52.5. The second-order valence-electron chi connectivity index (χ2n) is 27.1. The number of aliphatic hydroxyl groups is 3. The van der Waals surface area contributed by atoms with Crippen molar-refractivity contribution in [2.24, 2.45) is 11.5 Å². The molecule has 7 rings (SSSR count). The van der Waals surface area contributed by atoms with Crippen LogP contribution in [-0.2, 0) is 85.0 Å². The number of aliphatic carboxylic acids is 1. The number of aromatic hydroxyl groups is 1. The number of carbonyl (C=O) groups is 12. The summed E-state index contributed by atoms with van der Waals surface area (Å²) in [4.78, 5) is 176. The van der Waals surface area contributed by atoms with Crippen LogP contribution in [0.3, 0.4) is 0 Å². The van der Waals surface area contributed by atoms with E-state index in [0.717, 1.165) is 51.3 Å². The minimum Gasteiger partial charge on any atom is -0.508 e. The maximum atomic E-state index is 15.7. The lowest BCUT2D eigenvalue weighted by Crippen LogP contribution is -2.65. The van der Waals surface area contributed by atoms with Crippen molar-refractivity contribution in [2.75, 3.05) is 31.7 Å². The van der Waals surface area contributed by atoms with Crippen LogP contribution in [0.25, 0.3) is 10.8 Å². The predicted molar refractivity (Wildman–Crippen MR) is 413 cm³/mol. The number of nitrogens with two attached hydrogens (primary N) is 2. The predicted octanol–water partition coefficient (Wildman–Crippen LogP) is -0.419. The molecule has 33 heteroatoms. The molecule has 0 aromatic heterocycles. The zero-order valence-electron chi connectivity index (χ0n) is 61.6. The number of aliphatic hydroxyl groups excluding tert-OH is 3. The van der Waals surface area contributed by atoms with E-state index < -0.39 is 163 Å². The Morgan fingerprint density at radius 3 is 1.40 bits per heavy atom. The summed E-state index contributed by atoms with van der Waals surface area (Å²) in [6.07, 6.45) is -6.23. The molecule has 110 heavy (non-hydrogen) atoms. The van der Waals surface area contributed by atoms with Gasteiger partial charge in [0, 0.05) is 62.4 Å². The summed E-state index contributed by atoms with van der Waals surface area (Å²) >= 11 is 0. The van der Waals surface area contributed by atoms with E-state index in [0.29, 0.717) is 41.5 Å². The smallest absolute Gasteiger partial charge is 0.327 e. The highest BCUT2D eigenvalue weighted by Gasteiger charge is 2.40. The van der Waals surface area contributed by atoms with Gasteiger partial charge in [0.15, 0.2) is 6.17 Å². The molecule has 1 aliphatic heterocycles. The number of carboxylic acid groups (broad SMARTS) is 1. The standard InChI is InChI=1S/C77H98N14O17S2/c1-43(2)80-39-50-25-23-48(24-26-50)36-59-70(100)88-63(44(3)93)73(103)84-58(37-49-27-31-54(95)32-28-49)69(99)89-64(45(4)94)74(104)86-61(40-92)72(102)87-62(77(107)108)42-110-109-41-55(79)66(96)81-56(22-14-15-33-78)67(97)82-57(34-46-16-8-6-9-17-46)68(98)83-60(35-47-18-10-7-11-19-47)71(101)90-65(75(105)85-59)91(5)76(106)53-30-29-51-20-12-13-21-52(51)38-53/h6-13,16-21,23-32,38,43-45,55-65,80,92-95H,14-15,22,33-37,39-42,78-79H2,1-5H3,(H,81,96)(H,82,97)(H,83,98)(H,84,103)(H,85,105)(H,86,104)(H,87,102)(H,88,100)(H,89,99)(H,90,101)(H,107,108)/t44-,45-,55+,56+,57+,58+,59+,60+,61+,62+,63+,64+,65+/m1/s1. The lowest BCUT2D eigenvalue weighted by atomic mass is 10.0. The van der Waals surface area contributed by atoms with E-state index in [1.54, 1.807) is 115 Å². The van der Waals surface area contributed by atoms with Gasteiger partial charge < -0.3 is 100 Å². The molecule has 20 N–H and O–H groups in total. The van der Waals surface area contributed by atoms with Crippen LogP contribution in [-0.4, -0.2) is 218 Å². The lowest BCUT2D eigenvalue weighted by molar-refractivity contribution is -0.142. The molecule has 0 bridgehead atoms. The fourth-order valence-corrected chi connectivity index (χ4v) is 13.9. The molecule has 1 aliphatic rings. The van der Waals surface area contributed by atoms with Gasteiger partial charge in [0.2, 0.25) is 53.2 Å². The molecule has 1 saturated heterocycles. The summed E-state index contributed by atoms with van der Waals surface area (Å²) in [5.41, 5.74) is 14.9. The second-order valence-corrected chi connectivity index (χ2v) is 29.6. The number of nitrogens with one attached hydrogen (secondary N) is 11. The normalized spacial score (nSPS) is 23.1. The first kappa shape index (κ1) is 86.7. The van der Waals surface area contributed by atoms with Crippen LogP contribution in [0.15, 0.2) is 152 Å². The molecular formula is C77H98N14O17S2. The Balaban J connectivity index is 1.35. The van der Waals surface area contributed by atoms with E-state index in [2.05, 4.69) is 58.5 Å². The van der Waals surface area contributed by atoms with E-state index in [9.17, 15) is 59.1 Å². The number of hydrogen-bond donors (Lipinski definition) is 18. The maximum Gasteiger partial charge on any atom is 0.327 e.